The van der Waals surface area contributed by atoms with E-state index in [1.54, 1.807) is 12.1 Å². The minimum Gasteiger partial charge on any atom is -0.451 e. The van der Waals surface area contributed by atoms with Crippen molar-refractivity contribution in [2.45, 2.75) is 26.5 Å². The molecule has 0 bridgehead atoms. The molecule has 0 radical (unpaired) electrons. The van der Waals surface area contributed by atoms with Gasteiger partial charge in [0.2, 0.25) is 0 Å². The first kappa shape index (κ1) is 17.9. The maximum atomic E-state index is 12.3. The number of para-hydroxylation sites is 1. The fraction of sp³-hybridized carbons (Fsp3) is 0.211. The largest absolute Gasteiger partial charge is 0.451 e. The van der Waals surface area contributed by atoms with Crippen molar-refractivity contribution in [3.63, 3.8) is 0 Å². The van der Waals surface area contributed by atoms with Gasteiger partial charge in [-0.25, -0.2) is 4.98 Å². The second-order valence-corrected chi connectivity index (χ2v) is 6.25. The van der Waals surface area contributed by atoms with Crippen molar-refractivity contribution in [2.24, 2.45) is 0 Å². The third-order valence-corrected chi connectivity index (χ3v) is 4.30. The van der Waals surface area contributed by atoms with E-state index in [4.69, 9.17) is 16.3 Å². The van der Waals surface area contributed by atoms with Crippen LogP contribution in [0.4, 0.5) is 5.69 Å². The number of hydrogen-bond acceptors (Lipinski definition) is 4. The average molecular weight is 372 g/mol. The summed E-state index contributed by atoms with van der Waals surface area (Å²) in [6.07, 6.45) is 0.562. The highest BCUT2D eigenvalue weighted by atomic mass is 35.5. The maximum Gasteiger partial charge on any atom is 0.326 e. The molecule has 0 saturated carbocycles. The molecule has 0 aliphatic rings. The van der Waals surface area contributed by atoms with Crippen molar-refractivity contribution in [1.82, 2.24) is 9.55 Å². The van der Waals surface area contributed by atoms with Crippen molar-refractivity contribution in [3.8, 4) is 0 Å². The van der Waals surface area contributed by atoms with Crippen LogP contribution in [0.15, 0.2) is 48.7 Å². The maximum absolute atomic E-state index is 12.3. The van der Waals surface area contributed by atoms with E-state index in [0.717, 1.165) is 16.6 Å². The molecule has 0 aliphatic heterocycles. The molecule has 134 valence electrons. The molecule has 3 aromatic rings. The van der Waals surface area contributed by atoms with Gasteiger partial charge in [-0.3, -0.25) is 9.59 Å². The molecule has 6 nitrogen and oxygen atoms in total. The van der Waals surface area contributed by atoms with E-state index < -0.39 is 18.0 Å². The Balaban J connectivity index is 1.64. The molecule has 1 N–H and O–H groups in total. The summed E-state index contributed by atoms with van der Waals surface area (Å²) in [5.41, 5.74) is 2.26. The number of halogens is 1. The van der Waals surface area contributed by atoms with Crippen molar-refractivity contribution < 1.29 is 14.3 Å². The lowest BCUT2D eigenvalue weighted by molar-refractivity contribution is -0.153. The van der Waals surface area contributed by atoms with Gasteiger partial charge < -0.3 is 14.6 Å². The second-order valence-electron chi connectivity index (χ2n) is 5.89. The summed E-state index contributed by atoms with van der Waals surface area (Å²) >= 11 is 5.91. The number of carbonyl (C=O) groups excluding carboxylic acids is 2. The molecular weight excluding hydrogens is 354 g/mol. The molecule has 0 spiro atoms. The Labute approximate surface area is 155 Å². The zero-order valence-electron chi connectivity index (χ0n) is 14.4. The SMILES string of the molecule is Cc1cc2ccccc2n1CC(=O)O[C@@H](C)C(=O)Nc1cccnc1Cl. The fourth-order valence-corrected chi connectivity index (χ4v) is 2.86. The summed E-state index contributed by atoms with van der Waals surface area (Å²) < 4.78 is 7.13. The number of rotatable bonds is 5. The molecule has 0 fully saturated rings. The molecule has 2 heterocycles. The van der Waals surface area contributed by atoms with E-state index in [-0.39, 0.29) is 11.7 Å². The van der Waals surface area contributed by atoms with Crippen LogP contribution < -0.4 is 5.32 Å². The molecule has 0 unspecified atom stereocenters. The van der Waals surface area contributed by atoms with Crippen LogP contribution in [0, 0.1) is 6.92 Å². The minimum atomic E-state index is -0.957. The lowest BCUT2D eigenvalue weighted by atomic mass is 10.2. The summed E-state index contributed by atoms with van der Waals surface area (Å²) in [6, 6.07) is 13.1. The summed E-state index contributed by atoms with van der Waals surface area (Å²) in [5, 5.41) is 3.82. The standard InChI is InChI=1S/C19H18ClN3O3/c1-12-10-14-6-3-4-8-16(14)23(12)11-17(24)26-13(2)19(25)22-15-7-5-9-21-18(15)20/h3-10,13H,11H2,1-2H3,(H,22,25)/t13-/m0/s1. The number of benzene rings is 1. The number of aryl methyl sites for hydroxylation is 1. The Morgan fingerprint density at radius 3 is 2.81 bits per heavy atom. The zero-order chi connectivity index (χ0) is 18.7. The van der Waals surface area contributed by atoms with Crippen LogP contribution in [0.25, 0.3) is 10.9 Å². The van der Waals surface area contributed by atoms with Gasteiger partial charge in [0.05, 0.1) is 5.69 Å². The Kier molecular flexibility index (Phi) is 5.23. The fourth-order valence-electron chi connectivity index (χ4n) is 2.69. The van der Waals surface area contributed by atoms with Crippen molar-refractivity contribution in [3.05, 3.63) is 59.5 Å². The molecule has 0 saturated heterocycles. The number of nitrogens with one attached hydrogen (secondary N) is 1. The number of nitrogens with zero attached hydrogens (tertiary/aromatic N) is 2. The van der Waals surface area contributed by atoms with E-state index >= 15 is 0 Å². The van der Waals surface area contributed by atoms with Gasteiger partial charge in [-0.1, -0.05) is 29.8 Å². The number of anilines is 1. The Hall–Kier alpha value is -2.86. The molecule has 26 heavy (non-hydrogen) atoms. The van der Waals surface area contributed by atoms with Crippen LogP contribution in [0.2, 0.25) is 5.15 Å². The Bertz CT molecular complexity index is 968. The highest BCUT2D eigenvalue weighted by Gasteiger charge is 2.20. The number of hydrogen-bond donors (Lipinski definition) is 1. The molecule has 2 aromatic heterocycles. The molecule has 1 atom stereocenters. The quantitative estimate of drug-likeness (QED) is 0.549. The summed E-state index contributed by atoms with van der Waals surface area (Å²) in [6.45, 7) is 3.47. The molecule has 0 aliphatic carbocycles. The second kappa shape index (κ2) is 7.58. The smallest absolute Gasteiger partial charge is 0.326 e. The summed E-state index contributed by atoms with van der Waals surface area (Å²) in [7, 11) is 0. The first-order valence-corrected chi connectivity index (χ1v) is 8.49. The van der Waals surface area contributed by atoms with Gasteiger partial charge in [-0.2, -0.15) is 0 Å². The highest BCUT2D eigenvalue weighted by molar-refractivity contribution is 6.32. The summed E-state index contributed by atoms with van der Waals surface area (Å²) in [4.78, 5) is 28.4. The Morgan fingerprint density at radius 2 is 2.04 bits per heavy atom. The highest BCUT2D eigenvalue weighted by Crippen LogP contribution is 2.20. The van der Waals surface area contributed by atoms with Gasteiger partial charge in [0.1, 0.15) is 6.54 Å². The van der Waals surface area contributed by atoms with Gasteiger partial charge >= 0.3 is 5.97 Å². The normalized spacial score (nSPS) is 12.0. The van der Waals surface area contributed by atoms with Crippen LogP contribution in [-0.4, -0.2) is 27.5 Å². The minimum absolute atomic E-state index is 0.0324. The number of fused-ring (bicyclic) bond motifs is 1. The van der Waals surface area contributed by atoms with Gasteiger partial charge in [0.25, 0.3) is 5.91 Å². The number of ether oxygens (including phenoxy) is 1. The Morgan fingerprint density at radius 1 is 1.27 bits per heavy atom. The average Bonchev–Trinajstić information content (AvgIpc) is 2.92. The monoisotopic (exact) mass is 371 g/mol. The van der Waals surface area contributed by atoms with E-state index in [1.807, 2.05) is 41.8 Å². The molecular formula is C19H18ClN3O3. The van der Waals surface area contributed by atoms with Crippen LogP contribution >= 0.6 is 11.6 Å². The van der Waals surface area contributed by atoms with Gasteiger partial charge in [-0.05, 0) is 43.5 Å². The van der Waals surface area contributed by atoms with Crippen LogP contribution in [-0.2, 0) is 20.9 Å². The first-order chi connectivity index (χ1) is 12.5. The predicted octanol–water partition coefficient (Wildman–Crippen LogP) is 3.57. The lowest BCUT2D eigenvalue weighted by Crippen LogP contribution is -2.31. The molecule has 3 rings (SSSR count). The zero-order valence-corrected chi connectivity index (χ0v) is 15.2. The van der Waals surface area contributed by atoms with Crippen molar-refractivity contribution in [2.75, 3.05) is 5.32 Å². The van der Waals surface area contributed by atoms with Gasteiger partial charge in [-0.15, -0.1) is 0 Å². The predicted molar refractivity (Wildman–Crippen MR) is 100 cm³/mol. The van der Waals surface area contributed by atoms with Crippen LogP contribution in [0.1, 0.15) is 12.6 Å². The molecule has 1 aromatic carbocycles. The van der Waals surface area contributed by atoms with E-state index in [9.17, 15) is 9.59 Å². The van der Waals surface area contributed by atoms with Crippen molar-refractivity contribution >= 4 is 40.1 Å². The topological polar surface area (TPSA) is 73.2 Å². The number of esters is 1. The number of amides is 1. The van der Waals surface area contributed by atoms with Crippen LogP contribution in [0.3, 0.4) is 0 Å². The first-order valence-electron chi connectivity index (χ1n) is 8.11. The van der Waals surface area contributed by atoms with E-state index in [0.29, 0.717) is 5.69 Å². The molecule has 7 heteroatoms. The van der Waals surface area contributed by atoms with E-state index in [1.165, 1.54) is 13.1 Å². The van der Waals surface area contributed by atoms with Crippen molar-refractivity contribution in [1.29, 1.82) is 0 Å². The molecule has 1 amide bonds. The third-order valence-electron chi connectivity index (χ3n) is 4.00. The van der Waals surface area contributed by atoms with Crippen LogP contribution in [0.5, 0.6) is 0 Å². The number of pyridine rings is 1. The lowest BCUT2D eigenvalue weighted by Gasteiger charge is -2.15. The van der Waals surface area contributed by atoms with Gasteiger partial charge in [0.15, 0.2) is 11.3 Å². The van der Waals surface area contributed by atoms with Gasteiger partial charge in [0, 0.05) is 17.4 Å². The van der Waals surface area contributed by atoms with E-state index in [2.05, 4.69) is 10.3 Å². The number of carbonyl (C=O) groups is 2. The third kappa shape index (κ3) is 3.86. The summed E-state index contributed by atoms with van der Waals surface area (Å²) in [5.74, 6) is -0.961. The number of aromatic nitrogens is 2.